The third kappa shape index (κ3) is 3.61. The first-order valence-electron chi connectivity index (χ1n) is 6.05. The molecule has 0 bridgehead atoms. The summed E-state index contributed by atoms with van der Waals surface area (Å²) in [5.41, 5.74) is 6.73. The summed E-state index contributed by atoms with van der Waals surface area (Å²) in [7, 11) is 0. The minimum atomic E-state index is 0.353. The van der Waals surface area contributed by atoms with Crippen LogP contribution in [0.4, 0.5) is 0 Å². The fourth-order valence-electron chi connectivity index (χ4n) is 2.53. The maximum absolute atomic E-state index is 5.78. The van der Waals surface area contributed by atoms with E-state index in [2.05, 4.69) is 27.7 Å². The summed E-state index contributed by atoms with van der Waals surface area (Å²) in [6.07, 6.45) is 6.95. The third-order valence-corrected chi connectivity index (χ3v) is 3.85. The summed E-state index contributed by atoms with van der Waals surface area (Å²) in [5, 5.41) is 0. The Labute approximate surface area is 89.5 Å². The van der Waals surface area contributed by atoms with Gasteiger partial charge < -0.3 is 5.73 Å². The van der Waals surface area contributed by atoms with E-state index >= 15 is 0 Å². The van der Waals surface area contributed by atoms with Gasteiger partial charge in [0.1, 0.15) is 0 Å². The lowest BCUT2D eigenvalue weighted by Crippen LogP contribution is -2.29. The molecule has 0 radical (unpaired) electrons. The van der Waals surface area contributed by atoms with Crippen LogP contribution in [0.3, 0.4) is 0 Å². The van der Waals surface area contributed by atoms with Gasteiger partial charge in [0.2, 0.25) is 0 Å². The van der Waals surface area contributed by atoms with Crippen LogP contribution < -0.4 is 5.73 Å². The van der Waals surface area contributed by atoms with Gasteiger partial charge in [-0.25, -0.2) is 0 Å². The zero-order valence-corrected chi connectivity index (χ0v) is 10.4. The zero-order valence-electron chi connectivity index (χ0n) is 10.4. The summed E-state index contributed by atoms with van der Waals surface area (Å²) < 4.78 is 0. The first-order chi connectivity index (χ1) is 6.35. The monoisotopic (exact) mass is 197 g/mol. The highest BCUT2D eigenvalue weighted by Gasteiger charge is 2.29. The molecule has 1 rings (SSSR count). The molecule has 0 aromatic heterocycles. The van der Waals surface area contributed by atoms with E-state index in [9.17, 15) is 0 Å². The van der Waals surface area contributed by atoms with E-state index in [1.807, 2.05) is 0 Å². The van der Waals surface area contributed by atoms with Gasteiger partial charge in [0, 0.05) is 0 Å². The Morgan fingerprint density at radius 3 is 2.14 bits per heavy atom. The smallest absolute Gasteiger partial charge is 0.00257 e. The molecule has 0 spiro atoms. The summed E-state index contributed by atoms with van der Waals surface area (Å²) in [5.74, 6) is 0.932. The van der Waals surface area contributed by atoms with Gasteiger partial charge in [0.25, 0.3) is 0 Å². The minimum Gasteiger partial charge on any atom is -0.330 e. The molecule has 0 unspecified atom stereocenters. The minimum absolute atomic E-state index is 0.353. The second kappa shape index (κ2) is 4.22. The van der Waals surface area contributed by atoms with Crippen LogP contribution >= 0.6 is 0 Å². The van der Waals surface area contributed by atoms with Gasteiger partial charge in [-0.1, -0.05) is 27.7 Å². The van der Waals surface area contributed by atoms with Gasteiger partial charge in [-0.2, -0.15) is 0 Å². The Bertz CT molecular complexity index is 172. The maximum atomic E-state index is 5.78. The standard InChI is InChI=1S/C13H27N/c1-12(2)7-5-11(6-8-12)9-13(3,4)10-14/h11H,5-10,14H2,1-4H3. The molecule has 0 aromatic carbocycles. The molecule has 1 aliphatic carbocycles. The van der Waals surface area contributed by atoms with Gasteiger partial charge in [-0.15, -0.1) is 0 Å². The lowest BCUT2D eigenvalue weighted by Gasteiger charge is -2.37. The van der Waals surface area contributed by atoms with Crippen LogP contribution in [0.15, 0.2) is 0 Å². The van der Waals surface area contributed by atoms with Gasteiger partial charge in [-0.05, 0) is 55.4 Å². The molecule has 0 aromatic rings. The van der Waals surface area contributed by atoms with Gasteiger partial charge >= 0.3 is 0 Å². The average molecular weight is 197 g/mol. The Morgan fingerprint density at radius 1 is 1.21 bits per heavy atom. The molecule has 1 heteroatoms. The van der Waals surface area contributed by atoms with Crippen LogP contribution in [-0.4, -0.2) is 6.54 Å². The molecular formula is C13H27N. The Morgan fingerprint density at radius 2 is 1.71 bits per heavy atom. The van der Waals surface area contributed by atoms with Crippen LogP contribution in [0.5, 0.6) is 0 Å². The fraction of sp³-hybridized carbons (Fsp3) is 1.00. The Kier molecular flexibility index (Phi) is 3.63. The molecule has 84 valence electrons. The highest BCUT2D eigenvalue weighted by atomic mass is 14.6. The molecule has 0 atom stereocenters. The first kappa shape index (κ1) is 12.0. The third-order valence-electron chi connectivity index (χ3n) is 3.85. The second-order valence-electron chi connectivity index (χ2n) is 6.68. The summed E-state index contributed by atoms with van der Waals surface area (Å²) >= 11 is 0. The predicted molar refractivity (Wildman–Crippen MR) is 63.2 cm³/mol. The van der Waals surface area contributed by atoms with Crippen molar-refractivity contribution in [3.8, 4) is 0 Å². The number of rotatable bonds is 3. The molecule has 0 aliphatic heterocycles. The molecule has 1 fully saturated rings. The normalized spacial score (nSPS) is 23.8. The van der Waals surface area contributed by atoms with Crippen molar-refractivity contribution >= 4 is 0 Å². The highest BCUT2D eigenvalue weighted by Crippen LogP contribution is 2.41. The summed E-state index contributed by atoms with van der Waals surface area (Å²) in [6, 6.07) is 0. The van der Waals surface area contributed by atoms with Crippen LogP contribution in [0.2, 0.25) is 0 Å². The van der Waals surface area contributed by atoms with Crippen molar-refractivity contribution < 1.29 is 0 Å². The van der Waals surface area contributed by atoms with Gasteiger partial charge in [0.15, 0.2) is 0 Å². The quantitative estimate of drug-likeness (QED) is 0.735. The van der Waals surface area contributed by atoms with Crippen molar-refractivity contribution in [3.05, 3.63) is 0 Å². The van der Waals surface area contributed by atoms with Crippen molar-refractivity contribution in [1.29, 1.82) is 0 Å². The molecule has 14 heavy (non-hydrogen) atoms. The van der Waals surface area contributed by atoms with E-state index in [-0.39, 0.29) is 0 Å². The molecule has 0 heterocycles. The van der Waals surface area contributed by atoms with E-state index in [1.165, 1.54) is 32.1 Å². The summed E-state index contributed by atoms with van der Waals surface area (Å²) in [6.45, 7) is 10.2. The highest BCUT2D eigenvalue weighted by molar-refractivity contribution is 4.82. The van der Waals surface area contributed by atoms with Gasteiger partial charge in [-0.3, -0.25) is 0 Å². The lowest BCUT2D eigenvalue weighted by atomic mass is 9.69. The second-order valence-corrected chi connectivity index (χ2v) is 6.68. The SMILES string of the molecule is CC1(C)CCC(CC(C)(C)CN)CC1. The Hall–Kier alpha value is -0.0400. The fourth-order valence-corrected chi connectivity index (χ4v) is 2.53. The number of nitrogens with two attached hydrogens (primary N) is 1. The van der Waals surface area contributed by atoms with Crippen LogP contribution in [0.1, 0.15) is 59.8 Å². The van der Waals surface area contributed by atoms with E-state index < -0.39 is 0 Å². The van der Waals surface area contributed by atoms with E-state index in [1.54, 1.807) is 0 Å². The maximum Gasteiger partial charge on any atom is -0.00257 e. The van der Waals surface area contributed by atoms with Crippen molar-refractivity contribution in [2.45, 2.75) is 59.8 Å². The molecule has 0 saturated heterocycles. The number of hydrogen-bond acceptors (Lipinski definition) is 1. The van der Waals surface area contributed by atoms with E-state index in [4.69, 9.17) is 5.73 Å². The van der Waals surface area contributed by atoms with E-state index in [0.29, 0.717) is 10.8 Å². The zero-order chi connectivity index (χ0) is 10.8. The van der Waals surface area contributed by atoms with E-state index in [0.717, 1.165) is 12.5 Å². The van der Waals surface area contributed by atoms with Crippen molar-refractivity contribution in [2.75, 3.05) is 6.54 Å². The molecular weight excluding hydrogens is 170 g/mol. The lowest BCUT2D eigenvalue weighted by molar-refractivity contribution is 0.150. The number of hydrogen-bond donors (Lipinski definition) is 1. The molecule has 2 N–H and O–H groups in total. The molecule has 0 amide bonds. The largest absolute Gasteiger partial charge is 0.330 e. The summed E-state index contributed by atoms with van der Waals surface area (Å²) in [4.78, 5) is 0. The van der Waals surface area contributed by atoms with Crippen molar-refractivity contribution in [1.82, 2.24) is 0 Å². The average Bonchev–Trinajstić information content (AvgIpc) is 2.09. The Balaban J connectivity index is 2.36. The first-order valence-corrected chi connectivity index (χ1v) is 6.05. The van der Waals surface area contributed by atoms with Crippen LogP contribution in [-0.2, 0) is 0 Å². The molecule has 1 aliphatic rings. The van der Waals surface area contributed by atoms with Crippen LogP contribution in [0, 0.1) is 16.7 Å². The topological polar surface area (TPSA) is 26.0 Å². The molecule has 1 nitrogen and oxygen atoms in total. The predicted octanol–water partition coefficient (Wildman–Crippen LogP) is 3.58. The van der Waals surface area contributed by atoms with Crippen LogP contribution in [0.25, 0.3) is 0 Å². The molecule has 1 saturated carbocycles. The van der Waals surface area contributed by atoms with Gasteiger partial charge in [0.05, 0.1) is 0 Å². The van der Waals surface area contributed by atoms with Crippen molar-refractivity contribution in [3.63, 3.8) is 0 Å². The van der Waals surface area contributed by atoms with Crippen molar-refractivity contribution in [2.24, 2.45) is 22.5 Å².